The summed E-state index contributed by atoms with van der Waals surface area (Å²) in [5, 5.41) is 3.75. The third kappa shape index (κ3) is 5.08. The average Bonchev–Trinajstić information content (AvgIpc) is 2.72. The molecule has 30 heavy (non-hydrogen) atoms. The van der Waals surface area contributed by atoms with Crippen molar-refractivity contribution in [2.75, 3.05) is 25.0 Å². The first-order valence-corrected chi connectivity index (χ1v) is 11.1. The fraction of sp³-hybridized carbons (Fsp3) is 0.458. The summed E-state index contributed by atoms with van der Waals surface area (Å²) in [5.74, 6) is 2.14. The number of carbonyl (C=O) groups excluding carboxylic acids is 1. The van der Waals surface area contributed by atoms with E-state index >= 15 is 0 Å². The number of nitrogens with zero attached hydrogens (tertiary/aromatic N) is 1. The van der Waals surface area contributed by atoms with E-state index in [4.69, 9.17) is 21.1 Å². The zero-order valence-electron chi connectivity index (χ0n) is 17.6. The molecule has 1 unspecified atom stereocenters. The minimum Gasteiger partial charge on any atom is -0.491 e. The zero-order chi connectivity index (χ0) is 21.1. The van der Waals surface area contributed by atoms with Crippen molar-refractivity contribution in [2.45, 2.75) is 45.3 Å². The van der Waals surface area contributed by atoms with Gasteiger partial charge in [-0.3, -0.25) is 9.69 Å². The van der Waals surface area contributed by atoms with Crippen LogP contribution >= 0.6 is 11.6 Å². The van der Waals surface area contributed by atoms with Gasteiger partial charge < -0.3 is 14.8 Å². The summed E-state index contributed by atoms with van der Waals surface area (Å²) in [4.78, 5) is 14.7. The molecule has 1 saturated heterocycles. The summed E-state index contributed by atoms with van der Waals surface area (Å²) >= 11 is 6.44. The Morgan fingerprint density at radius 1 is 1.20 bits per heavy atom. The van der Waals surface area contributed by atoms with E-state index in [0.29, 0.717) is 12.5 Å². The Kier molecular flexibility index (Phi) is 6.49. The molecule has 0 radical (unpaired) electrons. The summed E-state index contributed by atoms with van der Waals surface area (Å²) in [5.41, 5.74) is 1.90. The highest BCUT2D eigenvalue weighted by atomic mass is 35.5. The lowest BCUT2D eigenvalue weighted by atomic mass is 9.90. The number of ether oxygens (including phenoxy) is 2. The summed E-state index contributed by atoms with van der Waals surface area (Å²) in [6, 6.07) is 13.5. The predicted molar refractivity (Wildman–Crippen MR) is 120 cm³/mol. The highest BCUT2D eigenvalue weighted by molar-refractivity contribution is 6.31. The van der Waals surface area contributed by atoms with Crippen molar-refractivity contribution in [2.24, 2.45) is 5.92 Å². The van der Waals surface area contributed by atoms with E-state index in [0.717, 1.165) is 60.1 Å². The molecular formula is C24H29ClN2O3. The van der Waals surface area contributed by atoms with Crippen LogP contribution in [-0.4, -0.2) is 42.6 Å². The molecule has 4 rings (SSSR count). The summed E-state index contributed by atoms with van der Waals surface area (Å²) in [6.07, 6.45) is 2.80. The minimum atomic E-state index is -0.462. The van der Waals surface area contributed by atoms with E-state index in [9.17, 15) is 4.79 Å². The van der Waals surface area contributed by atoms with Crippen molar-refractivity contribution in [3.05, 3.63) is 53.1 Å². The van der Waals surface area contributed by atoms with Gasteiger partial charge in [0, 0.05) is 11.6 Å². The SMILES string of the molecule is CC(C)Oc1ccc(Cl)c(CC2CCN(CC3Oc4ccccc4NC3=O)CC2)c1. The van der Waals surface area contributed by atoms with Crippen LogP contribution in [0.4, 0.5) is 5.69 Å². The van der Waals surface area contributed by atoms with Gasteiger partial charge in [0.2, 0.25) is 0 Å². The Balaban J connectivity index is 1.30. The maximum atomic E-state index is 12.4. The topological polar surface area (TPSA) is 50.8 Å². The van der Waals surface area contributed by atoms with Crippen molar-refractivity contribution < 1.29 is 14.3 Å². The summed E-state index contributed by atoms with van der Waals surface area (Å²) in [6.45, 7) is 6.58. The van der Waals surface area contributed by atoms with Gasteiger partial charge in [0.25, 0.3) is 5.91 Å². The Morgan fingerprint density at radius 3 is 2.73 bits per heavy atom. The van der Waals surface area contributed by atoms with Gasteiger partial charge in [0.1, 0.15) is 11.5 Å². The van der Waals surface area contributed by atoms with E-state index in [1.807, 2.05) is 50.2 Å². The Hall–Kier alpha value is -2.24. The number of likely N-dealkylation sites (tertiary alicyclic amines) is 1. The molecule has 1 N–H and O–H groups in total. The average molecular weight is 429 g/mol. The molecule has 1 atom stereocenters. The van der Waals surface area contributed by atoms with Gasteiger partial charge >= 0.3 is 0 Å². The van der Waals surface area contributed by atoms with Crippen molar-refractivity contribution in [3.8, 4) is 11.5 Å². The number of fused-ring (bicyclic) bond motifs is 1. The number of benzene rings is 2. The van der Waals surface area contributed by atoms with E-state index in [1.165, 1.54) is 0 Å². The van der Waals surface area contributed by atoms with Crippen LogP contribution in [0.1, 0.15) is 32.3 Å². The second-order valence-corrected chi connectivity index (χ2v) is 8.87. The van der Waals surface area contributed by atoms with E-state index in [2.05, 4.69) is 16.3 Å². The number of carbonyl (C=O) groups is 1. The normalized spacial score (nSPS) is 19.9. The Bertz CT molecular complexity index is 894. The summed E-state index contributed by atoms with van der Waals surface area (Å²) < 4.78 is 11.8. The van der Waals surface area contributed by atoms with Crippen LogP contribution < -0.4 is 14.8 Å². The molecule has 1 fully saturated rings. The van der Waals surface area contributed by atoms with Crippen molar-refractivity contribution in [1.29, 1.82) is 0 Å². The number of halogens is 1. The Labute approximate surface area is 183 Å². The Morgan fingerprint density at radius 2 is 1.97 bits per heavy atom. The lowest BCUT2D eigenvalue weighted by Gasteiger charge is -2.35. The van der Waals surface area contributed by atoms with Gasteiger partial charge in [-0.25, -0.2) is 0 Å². The third-order valence-electron chi connectivity index (χ3n) is 5.74. The van der Waals surface area contributed by atoms with Crippen molar-refractivity contribution >= 4 is 23.2 Å². The quantitative estimate of drug-likeness (QED) is 0.719. The number of hydrogen-bond donors (Lipinski definition) is 1. The number of rotatable bonds is 6. The predicted octanol–water partition coefficient (Wildman–Crippen LogP) is 4.78. The van der Waals surface area contributed by atoms with Crippen LogP contribution in [0.5, 0.6) is 11.5 Å². The first-order valence-electron chi connectivity index (χ1n) is 10.7. The molecule has 0 saturated carbocycles. The van der Waals surface area contributed by atoms with Gasteiger partial charge in [0.05, 0.1) is 11.8 Å². The van der Waals surface area contributed by atoms with Crippen LogP contribution in [0.2, 0.25) is 5.02 Å². The first kappa shape index (κ1) is 21.0. The molecular weight excluding hydrogens is 400 g/mol. The molecule has 0 aromatic heterocycles. The molecule has 2 aromatic carbocycles. The molecule has 0 aliphatic carbocycles. The van der Waals surface area contributed by atoms with Crippen LogP contribution in [0.15, 0.2) is 42.5 Å². The molecule has 0 bridgehead atoms. The lowest BCUT2D eigenvalue weighted by molar-refractivity contribution is -0.124. The van der Waals surface area contributed by atoms with E-state index < -0.39 is 6.10 Å². The van der Waals surface area contributed by atoms with Gasteiger partial charge in [-0.15, -0.1) is 0 Å². The van der Waals surface area contributed by atoms with Crippen LogP contribution in [0.25, 0.3) is 0 Å². The maximum Gasteiger partial charge on any atom is 0.266 e. The molecule has 2 aliphatic rings. The standard InChI is InChI=1S/C24H29ClN2O3/c1-16(2)29-19-7-8-20(25)18(14-19)13-17-9-11-27(12-10-17)15-23-24(28)26-21-5-3-4-6-22(21)30-23/h3-8,14,16-17,23H,9-13,15H2,1-2H3,(H,26,28). The molecule has 2 aromatic rings. The molecule has 2 heterocycles. The first-order chi connectivity index (χ1) is 14.5. The number of nitrogens with one attached hydrogen (secondary N) is 1. The molecule has 6 heteroatoms. The summed E-state index contributed by atoms with van der Waals surface area (Å²) in [7, 11) is 0. The molecule has 160 valence electrons. The number of amides is 1. The zero-order valence-corrected chi connectivity index (χ0v) is 18.3. The molecule has 0 spiro atoms. The van der Waals surface area contributed by atoms with Crippen LogP contribution in [-0.2, 0) is 11.2 Å². The van der Waals surface area contributed by atoms with Gasteiger partial charge in [-0.05, 0) is 88.0 Å². The molecule has 5 nitrogen and oxygen atoms in total. The number of para-hydroxylation sites is 2. The fourth-order valence-corrected chi connectivity index (χ4v) is 4.38. The molecule has 1 amide bonds. The highest BCUT2D eigenvalue weighted by Gasteiger charge is 2.31. The maximum absolute atomic E-state index is 12.4. The van der Waals surface area contributed by atoms with Gasteiger partial charge in [-0.1, -0.05) is 23.7 Å². The largest absolute Gasteiger partial charge is 0.491 e. The highest BCUT2D eigenvalue weighted by Crippen LogP contribution is 2.31. The van der Waals surface area contributed by atoms with E-state index in [-0.39, 0.29) is 12.0 Å². The lowest BCUT2D eigenvalue weighted by Crippen LogP contribution is -2.47. The molecule has 2 aliphatic heterocycles. The van der Waals surface area contributed by atoms with Crippen LogP contribution in [0, 0.1) is 5.92 Å². The second-order valence-electron chi connectivity index (χ2n) is 8.46. The monoisotopic (exact) mass is 428 g/mol. The minimum absolute atomic E-state index is 0.0652. The van der Waals surface area contributed by atoms with Crippen molar-refractivity contribution in [1.82, 2.24) is 4.90 Å². The number of anilines is 1. The third-order valence-corrected chi connectivity index (χ3v) is 6.10. The van der Waals surface area contributed by atoms with E-state index in [1.54, 1.807) is 0 Å². The number of piperidine rings is 1. The fourth-order valence-electron chi connectivity index (χ4n) is 4.18. The van der Waals surface area contributed by atoms with Gasteiger partial charge in [-0.2, -0.15) is 0 Å². The second kappa shape index (κ2) is 9.27. The van der Waals surface area contributed by atoms with Gasteiger partial charge in [0.15, 0.2) is 6.10 Å². The number of hydrogen-bond acceptors (Lipinski definition) is 4. The smallest absolute Gasteiger partial charge is 0.266 e. The van der Waals surface area contributed by atoms with Crippen molar-refractivity contribution in [3.63, 3.8) is 0 Å². The van der Waals surface area contributed by atoms with Crippen LogP contribution in [0.3, 0.4) is 0 Å².